The summed E-state index contributed by atoms with van der Waals surface area (Å²) in [5.74, 6) is 1.84. The normalized spacial score (nSPS) is 20.1. The summed E-state index contributed by atoms with van der Waals surface area (Å²) >= 11 is 0. The van der Waals surface area contributed by atoms with Crippen molar-refractivity contribution < 1.29 is 19.0 Å². The first kappa shape index (κ1) is 21.3. The molecule has 0 aliphatic carbocycles. The van der Waals surface area contributed by atoms with E-state index in [1.807, 2.05) is 42.6 Å². The van der Waals surface area contributed by atoms with E-state index in [-0.39, 0.29) is 17.9 Å². The molecular weight excluding hydrogens is 420 g/mol. The number of hydrogen-bond donors (Lipinski definition) is 2. The summed E-state index contributed by atoms with van der Waals surface area (Å²) in [6, 6.07) is 11.5. The van der Waals surface area contributed by atoms with Gasteiger partial charge in [0.15, 0.2) is 0 Å². The number of methoxy groups -OCH3 is 1. The number of H-pyrrole nitrogens is 1. The summed E-state index contributed by atoms with van der Waals surface area (Å²) in [7, 11) is 3.72. The Bertz CT molecular complexity index is 1130. The maximum Gasteiger partial charge on any atom is 0.231 e. The van der Waals surface area contributed by atoms with Crippen LogP contribution in [0.25, 0.3) is 11.1 Å². The Balaban J connectivity index is 1.36. The Morgan fingerprint density at radius 1 is 1.24 bits per heavy atom. The van der Waals surface area contributed by atoms with Gasteiger partial charge in [0.2, 0.25) is 5.91 Å². The molecule has 1 amide bonds. The van der Waals surface area contributed by atoms with Gasteiger partial charge in [-0.1, -0.05) is 6.07 Å². The molecule has 0 saturated carbocycles. The van der Waals surface area contributed by atoms with Gasteiger partial charge in [-0.05, 0) is 61.3 Å². The molecule has 1 fully saturated rings. The molecule has 3 aromatic rings. The molecule has 0 radical (unpaired) electrons. The summed E-state index contributed by atoms with van der Waals surface area (Å²) in [5, 5.41) is 9.97. The van der Waals surface area contributed by atoms with E-state index in [1.165, 1.54) is 0 Å². The van der Waals surface area contributed by atoms with Crippen molar-refractivity contribution in [1.82, 2.24) is 15.1 Å². The summed E-state index contributed by atoms with van der Waals surface area (Å²) in [6.45, 7) is 2.19. The Labute approximate surface area is 192 Å². The Kier molecular flexibility index (Phi) is 5.92. The molecule has 2 aliphatic heterocycles. The van der Waals surface area contributed by atoms with Crippen molar-refractivity contribution >= 4 is 11.6 Å². The van der Waals surface area contributed by atoms with Gasteiger partial charge in [0.25, 0.3) is 0 Å². The standard InChI is InChI=1S/C25H28N4O4/c1-29-8-7-21(14-29)33-24-11-16(19-12-26-27-13-19)3-5-22(24)28-25(30)18-9-17-10-20(31-2)4-6-23(17)32-15-18/h3-6,10-13,18,21H,7-9,14-15H2,1-2H3,(H,26,27)(H,28,30)/t18-,21+/m1/s1. The van der Waals surface area contributed by atoms with Crippen LogP contribution in [0.3, 0.4) is 0 Å². The minimum Gasteiger partial charge on any atom is -0.497 e. The van der Waals surface area contributed by atoms with Crippen molar-refractivity contribution in [3.8, 4) is 28.4 Å². The third kappa shape index (κ3) is 4.66. The van der Waals surface area contributed by atoms with Crippen LogP contribution >= 0.6 is 0 Å². The highest BCUT2D eigenvalue weighted by Crippen LogP contribution is 2.35. The van der Waals surface area contributed by atoms with Crippen LogP contribution < -0.4 is 19.5 Å². The number of amides is 1. The van der Waals surface area contributed by atoms with Crippen molar-refractivity contribution in [3.05, 3.63) is 54.4 Å². The monoisotopic (exact) mass is 448 g/mol. The van der Waals surface area contributed by atoms with Crippen LogP contribution in [0.1, 0.15) is 12.0 Å². The fourth-order valence-electron chi connectivity index (χ4n) is 4.38. The summed E-state index contributed by atoms with van der Waals surface area (Å²) in [6.07, 6.45) is 5.24. The van der Waals surface area contributed by atoms with Gasteiger partial charge in [-0.25, -0.2) is 0 Å². The van der Waals surface area contributed by atoms with Crippen LogP contribution in [0.15, 0.2) is 48.8 Å². The maximum atomic E-state index is 13.2. The molecule has 2 N–H and O–H groups in total. The topological polar surface area (TPSA) is 88.7 Å². The second-order valence-electron chi connectivity index (χ2n) is 8.66. The van der Waals surface area contributed by atoms with E-state index >= 15 is 0 Å². The summed E-state index contributed by atoms with van der Waals surface area (Å²) in [5.41, 5.74) is 3.58. The lowest BCUT2D eigenvalue weighted by molar-refractivity contribution is -0.121. The van der Waals surface area contributed by atoms with Crippen LogP contribution in [0, 0.1) is 5.92 Å². The molecule has 8 heteroatoms. The number of likely N-dealkylation sites (tertiary alicyclic amines) is 1. The first-order chi connectivity index (χ1) is 16.1. The molecule has 3 heterocycles. The average molecular weight is 449 g/mol. The van der Waals surface area contributed by atoms with Gasteiger partial charge >= 0.3 is 0 Å². The van der Waals surface area contributed by atoms with Crippen LogP contribution in [0.2, 0.25) is 0 Å². The number of nitrogens with zero attached hydrogens (tertiary/aromatic N) is 2. The number of ether oxygens (including phenoxy) is 3. The minimum absolute atomic E-state index is 0.0857. The zero-order valence-corrected chi connectivity index (χ0v) is 18.8. The predicted molar refractivity (Wildman–Crippen MR) is 125 cm³/mol. The largest absolute Gasteiger partial charge is 0.497 e. The molecule has 172 valence electrons. The van der Waals surface area contributed by atoms with Gasteiger partial charge in [-0.3, -0.25) is 9.89 Å². The molecule has 2 atom stereocenters. The number of nitrogens with one attached hydrogen (secondary N) is 2. The van der Waals surface area contributed by atoms with Crippen molar-refractivity contribution in [1.29, 1.82) is 0 Å². The van der Waals surface area contributed by atoms with Gasteiger partial charge in [0, 0.05) is 24.8 Å². The van der Waals surface area contributed by atoms with E-state index in [4.69, 9.17) is 14.2 Å². The lowest BCUT2D eigenvalue weighted by atomic mass is 9.95. The summed E-state index contributed by atoms with van der Waals surface area (Å²) in [4.78, 5) is 15.4. The lowest BCUT2D eigenvalue weighted by Crippen LogP contribution is -2.33. The second-order valence-corrected chi connectivity index (χ2v) is 8.66. The van der Waals surface area contributed by atoms with Crippen LogP contribution in [-0.2, 0) is 11.2 Å². The van der Waals surface area contributed by atoms with Crippen molar-refractivity contribution in [2.75, 3.05) is 39.2 Å². The van der Waals surface area contributed by atoms with Gasteiger partial charge in [-0.15, -0.1) is 0 Å². The number of likely N-dealkylation sites (N-methyl/N-ethyl adjacent to an activating group) is 1. The fourth-order valence-corrected chi connectivity index (χ4v) is 4.38. The number of anilines is 1. The third-order valence-electron chi connectivity index (χ3n) is 6.26. The molecule has 2 aromatic carbocycles. The van der Waals surface area contributed by atoms with Gasteiger partial charge in [0.05, 0.1) is 24.9 Å². The Hall–Kier alpha value is -3.52. The molecule has 1 aromatic heterocycles. The predicted octanol–water partition coefficient (Wildman–Crippen LogP) is 3.36. The number of carbonyl (C=O) groups excluding carboxylic acids is 1. The third-order valence-corrected chi connectivity index (χ3v) is 6.26. The molecule has 5 rings (SSSR count). The molecule has 8 nitrogen and oxygen atoms in total. The molecule has 0 spiro atoms. The second kappa shape index (κ2) is 9.15. The van der Waals surface area contributed by atoms with E-state index < -0.39 is 0 Å². The number of rotatable bonds is 6. The highest BCUT2D eigenvalue weighted by molar-refractivity contribution is 5.95. The smallest absolute Gasteiger partial charge is 0.231 e. The van der Waals surface area contributed by atoms with Gasteiger partial charge in [0.1, 0.15) is 30.0 Å². The molecule has 0 bridgehead atoms. The quantitative estimate of drug-likeness (QED) is 0.601. The van der Waals surface area contributed by atoms with Gasteiger partial charge in [-0.2, -0.15) is 5.10 Å². The van der Waals surface area contributed by atoms with Crippen LogP contribution in [-0.4, -0.2) is 61.0 Å². The first-order valence-electron chi connectivity index (χ1n) is 11.2. The fraction of sp³-hybridized carbons (Fsp3) is 0.360. The minimum atomic E-state index is -0.302. The number of benzene rings is 2. The van der Waals surface area contributed by atoms with Crippen molar-refractivity contribution in [2.24, 2.45) is 5.92 Å². The lowest BCUT2D eigenvalue weighted by Gasteiger charge is -2.25. The zero-order valence-electron chi connectivity index (χ0n) is 18.8. The first-order valence-corrected chi connectivity index (χ1v) is 11.2. The van der Waals surface area contributed by atoms with E-state index in [0.29, 0.717) is 24.5 Å². The number of aromatic amines is 1. The summed E-state index contributed by atoms with van der Waals surface area (Å²) < 4.78 is 17.5. The van der Waals surface area contributed by atoms with E-state index in [2.05, 4.69) is 27.5 Å². The number of aromatic nitrogens is 2. The van der Waals surface area contributed by atoms with Crippen LogP contribution in [0.4, 0.5) is 5.69 Å². The highest BCUT2D eigenvalue weighted by atomic mass is 16.5. The maximum absolute atomic E-state index is 13.2. The number of carbonyl (C=O) groups is 1. The Morgan fingerprint density at radius 2 is 2.15 bits per heavy atom. The van der Waals surface area contributed by atoms with E-state index in [9.17, 15) is 4.79 Å². The molecule has 1 saturated heterocycles. The number of hydrogen-bond acceptors (Lipinski definition) is 6. The van der Waals surface area contributed by atoms with E-state index in [1.54, 1.807) is 13.3 Å². The average Bonchev–Trinajstić information content (AvgIpc) is 3.51. The molecule has 2 aliphatic rings. The SMILES string of the molecule is COc1ccc2c(c1)C[C@@H](C(=O)Nc1ccc(-c3cn[nH]c3)cc1O[C@H]1CCN(C)C1)CO2. The van der Waals surface area contributed by atoms with E-state index in [0.717, 1.165) is 47.7 Å². The zero-order chi connectivity index (χ0) is 22.8. The molecular formula is C25H28N4O4. The molecule has 33 heavy (non-hydrogen) atoms. The molecule has 0 unspecified atom stereocenters. The van der Waals surface area contributed by atoms with Crippen molar-refractivity contribution in [3.63, 3.8) is 0 Å². The van der Waals surface area contributed by atoms with Crippen LogP contribution in [0.5, 0.6) is 17.2 Å². The van der Waals surface area contributed by atoms with Gasteiger partial charge < -0.3 is 24.4 Å². The number of fused-ring (bicyclic) bond motifs is 1. The highest BCUT2D eigenvalue weighted by Gasteiger charge is 2.28. The van der Waals surface area contributed by atoms with Crippen molar-refractivity contribution in [2.45, 2.75) is 18.9 Å². The Morgan fingerprint density at radius 3 is 2.91 bits per heavy atom.